The Morgan fingerprint density at radius 2 is 2.40 bits per heavy atom. The lowest BCUT2D eigenvalue weighted by Gasteiger charge is -2.17. The van der Waals surface area contributed by atoms with E-state index in [2.05, 4.69) is 11.4 Å². The third-order valence-corrected chi connectivity index (χ3v) is 4.28. The molecular formula is C15H18N2O2S. The summed E-state index contributed by atoms with van der Waals surface area (Å²) in [6.07, 6.45) is 2.79. The van der Waals surface area contributed by atoms with Crippen molar-refractivity contribution in [1.29, 1.82) is 5.26 Å². The molecule has 0 unspecified atom stereocenters. The minimum atomic E-state index is -0.484. The molecule has 0 aliphatic carbocycles. The van der Waals surface area contributed by atoms with E-state index in [1.165, 1.54) is 0 Å². The molecule has 2 rings (SSSR count). The summed E-state index contributed by atoms with van der Waals surface area (Å²) in [6, 6.07) is 7.48. The van der Waals surface area contributed by atoms with Gasteiger partial charge < -0.3 is 10.1 Å². The maximum atomic E-state index is 12.3. The molecular weight excluding hydrogens is 272 g/mol. The number of benzene rings is 1. The summed E-state index contributed by atoms with van der Waals surface area (Å²) in [4.78, 5) is 13.4. The first-order valence-corrected chi connectivity index (χ1v) is 7.81. The average molecular weight is 290 g/mol. The molecule has 0 radical (unpaired) electrons. The molecule has 0 saturated carbocycles. The van der Waals surface area contributed by atoms with Crippen LogP contribution in [-0.4, -0.2) is 31.4 Å². The molecule has 1 aliphatic heterocycles. The largest absolute Gasteiger partial charge is 0.381 e. The summed E-state index contributed by atoms with van der Waals surface area (Å²) in [5.74, 6) is -0.0927. The fraction of sp³-hybridized carbons (Fsp3) is 0.467. The van der Waals surface area contributed by atoms with Crippen molar-refractivity contribution in [3.8, 4) is 6.07 Å². The van der Waals surface area contributed by atoms with Gasteiger partial charge in [0.05, 0.1) is 12.7 Å². The lowest BCUT2D eigenvalue weighted by atomic mass is 9.99. The third-order valence-electron chi connectivity index (χ3n) is 3.55. The van der Waals surface area contributed by atoms with E-state index in [4.69, 9.17) is 4.74 Å². The van der Waals surface area contributed by atoms with Crippen molar-refractivity contribution in [3.05, 3.63) is 29.3 Å². The van der Waals surface area contributed by atoms with Crippen LogP contribution in [0.3, 0.4) is 0 Å². The van der Waals surface area contributed by atoms with E-state index in [-0.39, 0.29) is 11.8 Å². The summed E-state index contributed by atoms with van der Waals surface area (Å²) >= 11 is 1.59. The second-order valence-corrected chi connectivity index (χ2v) is 5.76. The van der Waals surface area contributed by atoms with Crippen LogP contribution in [0.15, 0.2) is 23.1 Å². The van der Waals surface area contributed by atoms with Gasteiger partial charge in [-0.1, -0.05) is 6.07 Å². The zero-order valence-corrected chi connectivity index (χ0v) is 12.5. The number of ether oxygens (including phenoxy) is 1. The molecule has 0 bridgehead atoms. The summed E-state index contributed by atoms with van der Waals surface area (Å²) in [5, 5.41) is 12.1. The van der Waals surface area contributed by atoms with Gasteiger partial charge in [0, 0.05) is 23.0 Å². The van der Waals surface area contributed by atoms with E-state index in [0.717, 1.165) is 16.9 Å². The highest BCUT2D eigenvalue weighted by Crippen LogP contribution is 2.20. The second-order valence-electron chi connectivity index (χ2n) is 4.88. The van der Waals surface area contributed by atoms with Gasteiger partial charge in [-0.2, -0.15) is 5.26 Å². The normalized spacial score (nSPS) is 19.4. The molecule has 1 heterocycles. The van der Waals surface area contributed by atoms with Crippen molar-refractivity contribution >= 4 is 17.7 Å². The monoisotopic (exact) mass is 290 g/mol. The molecule has 1 aromatic carbocycles. The highest BCUT2D eigenvalue weighted by atomic mass is 32.2. The fourth-order valence-electron chi connectivity index (χ4n) is 2.26. The molecule has 4 nitrogen and oxygen atoms in total. The van der Waals surface area contributed by atoms with Crippen molar-refractivity contribution in [2.24, 2.45) is 5.92 Å². The van der Waals surface area contributed by atoms with Crippen LogP contribution in [0.5, 0.6) is 0 Å². The molecule has 1 aliphatic rings. The number of amides is 1. The lowest BCUT2D eigenvalue weighted by Crippen LogP contribution is -2.39. The van der Waals surface area contributed by atoms with Crippen molar-refractivity contribution in [1.82, 2.24) is 5.32 Å². The first kappa shape index (κ1) is 14.9. The number of thioether (sulfide) groups is 1. The van der Waals surface area contributed by atoms with Crippen LogP contribution in [-0.2, 0) is 4.74 Å². The Balaban J connectivity index is 2.12. The standard InChI is InChI=1S/C15H18N2O2S/c1-10-3-4-12(20-2)7-13(10)15(18)17-14(8-16)11-5-6-19-9-11/h3-4,7,11,14H,5-6,9H2,1-2H3,(H,17,18)/t11-,14+/m1/s1. The van der Waals surface area contributed by atoms with Gasteiger partial charge in [0.25, 0.3) is 5.91 Å². The Hall–Kier alpha value is -1.51. The Labute approximate surface area is 123 Å². The van der Waals surface area contributed by atoms with E-state index in [1.807, 2.05) is 31.4 Å². The highest BCUT2D eigenvalue weighted by Gasteiger charge is 2.27. The minimum Gasteiger partial charge on any atom is -0.381 e. The van der Waals surface area contributed by atoms with E-state index in [9.17, 15) is 10.1 Å². The fourth-order valence-corrected chi connectivity index (χ4v) is 2.70. The summed E-state index contributed by atoms with van der Waals surface area (Å²) in [5.41, 5.74) is 1.55. The number of nitrogens with zero attached hydrogens (tertiary/aromatic N) is 1. The van der Waals surface area contributed by atoms with Gasteiger partial charge in [0.15, 0.2) is 0 Å². The molecule has 1 saturated heterocycles. The van der Waals surface area contributed by atoms with Gasteiger partial charge in [0.1, 0.15) is 6.04 Å². The van der Waals surface area contributed by atoms with Crippen LogP contribution < -0.4 is 5.32 Å². The van der Waals surface area contributed by atoms with Gasteiger partial charge in [-0.25, -0.2) is 0 Å². The van der Waals surface area contributed by atoms with E-state index < -0.39 is 6.04 Å². The molecule has 0 spiro atoms. The van der Waals surface area contributed by atoms with Crippen molar-refractivity contribution in [2.45, 2.75) is 24.3 Å². The van der Waals surface area contributed by atoms with Crippen LogP contribution in [0.1, 0.15) is 22.3 Å². The second kappa shape index (κ2) is 6.78. The van der Waals surface area contributed by atoms with Crippen molar-refractivity contribution in [2.75, 3.05) is 19.5 Å². The van der Waals surface area contributed by atoms with E-state index in [1.54, 1.807) is 11.8 Å². The summed E-state index contributed by atoms with van der Waals surface area (Å²) < 4.78 is 5.28. The van der Waals surface area contributed by atoms with Gasteiger partial charge in [-0.3, -0.25) is 4.79 Å². The Bertz CT molecular complexity index is 533. The highest BCUT2D eigenvalue weighted by molar-refractivity contribution is 7.98. The van der Waals surface area contributed by atoms with Gasteiger partial charge in [-0.15, -0.1) is 11.8 Å². The number of carbonyl (C=O) groups is 1. The molecule has 1 amide bonds. The molecule has 106 valence electrons. The van der Waals surface area contributed by atoms with Crippen molar-refractivity contribution in [3.63, 3.8) is 0 Å². The lowest BCUT2D eigenvalue weighted by molar-refractivity contribution is 0.0930. The zero-order valence-electron chi connectivity index (χ0n) is 11.7. The number of carbonyl (C=O) groups excluding carboxylic acids is 1. The van der Waals surface area contributed by atoms with Gasteiger partial charge in [-0.05, 0) is 37.3 Å². The van der Waals surface area contributed by atoms with Crippen LogP contribution in [0, 0.1) is 24.2 Å². The maximum absolute atomic E-state index is 12.3. The topological polar surface area (TPSA) is 62.1 Å². The molecule has 1 fully saturated rings. The Morgan fingerprint density at radius 3 is 3.00 bits per heavy atom. The molecule has 2 atom stereocenters. The molecule has 1 aromatic rings. The molecule has 5 heteroatoms. The first-order chi connectivity index (χ1) is 9.65. The van der Waals surface area contributed by atoms with Gasteiger partial charge >= 0.3 is 0 Å². The Kier molecular flexibility index (Phi) is 5.05. The first-order valence-electron chi connectivity index (χ1n) is 6.58. The summed E-state index contributed by atoms with van der Waals surface area (Å²) in [7, 11) is 0. The number of rotatable bonds is 4. The Morgan fingerprint density at radius 1 is 1.60 bits per heavy atom. The number of nitriles is 1. The number of nitrogens with one attached hydrogen (secondary N) is 1. The SMILES string of the molecule is CSc1ccc(C)c(C(=O)N[C@@H](C#N)[C@@H]2CCOC2)c1. The average Bonchev–Trinajstić information content (AvgIpc) is 2.99. The predicted molar refractivity (Wildman–Crippen MR) is 78.8 cm³/mol. The third kappa shape index (κ3) is 3.33. The maximum Gasteiger partial charge on any atom is 0.252 e. The van der Waals surface area contributed by atoms with Gasteiger partial charge in [0.2, 0.25) is 0 Å². The summed E-state index contributed by atoms with van der Waals surface area (Å²) in [6.45, 7) is 3.11. The van der Waals surface area contributed by atoms with Crippen LogP contribution in [0.2, 0.25) is 0 Å². The number of aryl methyl sites for hydroxylation is 1. The zero-order chi connectivity index (χ0) is 14.5. The number of hydrogen-bond acceptors (Lipinski definition) is 4. The van der Waals surface area contributed by atoms with Crippen LogP contribution in [0.4, 0.5) is 0 Å². The molecule has 20 heavy (non-hydrogen) atoms. The molecule has 0 aromatic heterocycles. The minimum absolute atomic E-state index is 0.0907. The van der Waals surface area contributed by atoms with E-state index >= 15 is 0 Å². The predicted octanol–water partition coefficient (Wildman–Crippen LogP) is 2.38. The quantitative estimate of drug-likeness (QED) is 0.865. The number of hydrogen-bond donors (Lipinski definition) is 1. The van der Waals surface area contributed by atoms with Crippen LogP contribution in [0.25, 0.3) is 0 Å². The smallest absolute Gasteiger partial charge is 0.252 e. The van der Waals surface area contributed by atoms with Crippen molar-refractivity contribution < 1.29 is 9.53 Å². The van der Waals surface area contributed by atoms with Crippen LogP contribution >= 0.6 is 11.8 Å². The molecule has 1 N–H and O–H groups in total. The van der Waals surface area contributed by atoms with E-state index in [0.29, 0.717) is 18.8 Å².